The van der Waals surface area contributed by atoms with Crippen molar-refractivity contribution in [2.24, 2.45) is 0 Å². The van der Waals surface area contributed by atoms with Crippen LogP contribution in [0.4, 0.5) is 11.4 Å². The lowest BCUT2D eigenvalue weighted by Gasteiger charge is -2.31. The summed E-state index contributed by atoms with van der Waals surface area (Å²) >= 11 is 11.7. The van der Waals surface area contributed by atoms with Crippen molar-refractivity contribution in [1.29, 1.82) is 0 Å². The van der Waals surface area contributed by atoms with E-state index in [1.54, 1.807) is 7.11 Å². The highest BCUT2D eigenvalue weighted by Crippen LogP contribution is 2.31. The highest BCUT2D eigenvalue weighted by molar-refractivity contribution is 7.80. The molecule has 144 valence electrons. The Labute approximate surface area is 171 Å². The Morgan fingerprint density at radius 1 is 1.11 bits per heavy atom. The van der Waals surface area contributed by atoms with Crippen LogP contribution in [0, 0.1) is 0 Å². The molecule has 0 radical (unpaired) electrons. The number of rotatable bonds is 6. The fourth-order valence-corrected chi connectivity index (χ4v) is 3.68. The fraction of sp³-hybridized carbons (Fsp3) is 0.381. The molecule has 1 fully saturated rings. The second kappa shape index (κ2) is 9.81. The zero-order valence-corrected chi connectivity index (χ0v) is 17.2. The van der Waals surface area contributed by atoms with Crippen LogP contribution in [-0.4, -0.2) is 31.9 Å². The van der Waals surface area contributed by atoms with E-state index < -0.39 is 0 Å². The predicted molar refractivity (Wildman–Crippen MR) is 118 cm³/mol. The average Bonchev–Trinajstić information content (AvgIpc) is 2.69. The maximum Gasteiger partial charge on any atom is 0.170 e. The maximum absolute atomic E-state index is 6.22. The molecular formula is C21H26ClN3OS. The van der Waals surface area contributed by atoms with Crippen LogP contribution in [0.2, 0.25) is 5.02 Å². The Morgan fingerprint density at radius 3 is 2.56 bits per heavy atom. The zero-order chi connectivity index (χ0) is 19.1. The summed E-state index contributed by atoms with van der Waals surface area (Å²) in [6, 6.07) is 14.1. The van der Waals surface area contributed by atoms with E-state index in [4.69, 9.17) is 28.6 Å². The smallest absolute Gasteiger partial charge is 0.170 e. The van der Waals surface area contributed by atoms with Gasteiger partial charge in [0.25, 0.3) is 0 Å². The van der Waals surface area contributed by atoms with Crippen molar-refractivity contribution in [3.05, 3.63) is 53.1 Å². The first-order valence-corrected chi connectivity index (χ1v) is 10.2. The van der Waals surface area contributed by atoms with Gasteiger partial charge in [-0.2, -0.15) is 0 Å². The minimum absolute atomic E-state index is 0.615. The molecule has 0 saturated carbocycles. The summed E-state index contributed by atoms with van der Waals surface area (Å²) in [5.74, 6) is 0.870. The largest absolute Gasteiger partial charge is 0.497 e. The molecular weight excluding hydrogens is 378 g/mol. The molecule has 0 spiro atoms. The Bertz CT molecular complexity index is 761. The molecule has 1 saturated heterocycles. The van der Waals surface area contributed by atoms with Crippen molar-refractivity contribution in [2.75, 3.05) is 37.0 Å². The van der Waals surface area contributed by atoms with Crippen molar-refractivity contribution < 1.29 is 4.74 Å². The van der Waals surface area contributed by atoms with Crippen LogP contribution in [-0.2, 0) is 6.42 Å². The van der Waals surface area contributed by atoms with Crippen LogP contribution in [0.25, 0.3) is 0 Å². The van der Waals surface area contributed by atoms with Crippen LogP contribution in [0.1, 0.15) is 24.8 Å². The van der Waals surface area contributed by atoms with E-state index in [9.17, 15) is 0 Å². The summed E-state index contributed by atoms with van der Waals surface area (Å²) in [4.78, 5) is 2.40. The second-order valence-electron chi connectivity index (χ2n) is 6.69. The standard InChI is InChI=1S/C21H26ClN3OS/c1-26-18-8-5-16(6-9-18)11-12-23-21(27)24-19-15-17(22)7-10-20(19)25-13-3-2-4-14-25/h5-10,15H,2-4,11-14H2,1H3,(H2,23,24,27). The SMILES string of the molecule is COc1ccc(CCNC(=S)Nc2cc(Cl)ccc2N2CCCCC2)cc1. The molecule has 3 rings (SSSR count). The summed E-state index contributed by atoms with van der Waals surface area (Å²) in [5, 5.41) is 7.94. The topological polar surface area (TPSA) is 36.5 Å². The summed E-state index contributed by atoms with van der Waals surface area (Å²) < 4.78 is 5.19. The molecule has 2 aromatic carbocycles. The minimum Gasteiger partial charge on any atom is -0.497 e. The average molecular weight is 404 g/mol. The third-order valence-electron chi connectivity index (χ3n) is 4.76. The molecule has 0 bridgehead atoms. The van der Waals surface area contributed by atoms with E-state index in [-0.39, 0.29) is 0 Å². The number of thiocarbonyl (C=S) groups is 1. The van der Waals surface area contributed by atoms with Gasteiger partial charge in [0.05, 0.1) is 18.5 Å². The zero-order valence-electron chi connectivity index (χ0n) is 15.6. The lowest BCUT2D eigenvalue weighted by Crippen LogP contribution is -2.33. The van der Waals surface area contributed by atoms with E-state index in [1.807, 2.05) is 24.3 Å². The van der Waals surface area contributed by atoms with Gasteiger partial charge in [0.2, 0.25) is 0 Å². The van der Waals surface area contributed by atoms with Crippen molar-refractivity contribution in [3.63, 3.8) is 0 Å². The van der Waals surface area contributed by atoms with Gasteiger partial charge < -0.3 is 20.3 Å². The normalized spacial score (nSPS) is 13.9. The maximum atomic E-state index is 6.22. The summed E-state index contributed by atoms with van der Waals surface area (Å²) in [5.41, 5.74) is 3.37. The van der Waals surface area contributed by atoms with Gasteiger partial charge >= 0.3 is 0 Å². The number of benzene rings is 2. The van der Waals surface area contributed by atoms with E-state index in [1.165, 1.54) is 30.5 Å². The van der Waals surface area contributed by atoms with Crippen LogP contribution in [0.15, 0.2) is 42.5 Å². The molecule has 0 amide bonds. The van der Waals surface area contributed by atoms with E-state index in [0.717, 1.165) is 37.5 Å². The van der Waals surface area contributed by atoms with Crippen LogP contribution < -0.4 is 20.3 Å². The molecule has 2 N–H and O–H groups in total. The molecule has 27 heavy (non-hydrogen) atoms. The third kappa shape index (κ3) is 5.75. The van der Waals surface area contributed by atoms with E-state index >= 15 is 0 Å². The Hall–Kier alpha value is -1.98. The number of ether oxygens (including phenoxy) is 1. The van der Waals surface area contributed by atoms with E-state index in [0.29, 0.717) is 10.1 Å². The molecule has 0 aromatic heterocycles. The molecule has 1 heterocycles. The molecule has 1 aliphatic heterocycles. The first kappa shape index (κ1) is 19.8. The number of anilines is 2. The molecule has 1 aliphatic rings. The minimum atomic E-state index is 0.615. The Balaban J connectivity index is 1.55. The quantitative estimate of drug-likeness (QED) is 0.673. The molecule has 0 unspecified atom stereocenters. The van der Waals surface area contributed by atoms with Gasteiger partial charge in [-0.1, -0.05) is 23.7 Å². The summed E-state index contributed by atoms with van der Waals surface area (Å²) in [7, 11) is 1.68. The summed E-state index contributed by atoms with van der Waals surface area (Å²) in [6.45, 7) is 2.92. The summed E-state index contributed by atoms with van der Waals surface area (Å²) in [6.07, 6.45) is 4.65. The predicted octanol–water partition coefficient (Wildman–Crippen LogP) is 4.87. The fourth-order valence-electron chi connectivity index (χ4n) is 3.30. The van der Waals surface area contributed by atoms with Gasteiger partial charge in [0.1, 0.15) is 5.75 Å². The monoisotopic (exact) mass is 403 g/mol. The molecule has 4 nitrogen and oxygen atoms in total. The van der Waals surface area contributed by atoms with Gasteiger partial charge in [0.15, 0.2) is 5.11 Å². The lowest BCUT2D eigenvalue weighted by molar-refractivity contribution is 0.414. The van der Waals surface area contributed by atoms with Crippen molar-refractivity contribution >= 4 is 40.3 Å². The molecule has 6 heteroatoms. The van der Waals surface area contributed by atoms with Crippen molar-refractivity contribution in [3.8, 4) is 5.75 Å². The van der Waals surface area contributed by atoms with Gasteiger partial charge in [0, 0.05) is 24.7 Å². The molecule has 0 atom stereocenters. The van der Waals surface area contributed by atoms with Gasteiger partial charge in [-0.3, -0.25) is 0 Å². The van der Waals surface area contributed by atoms with Gasteiger partial charge in [-0.05, 0) is 73.8 Å². The number of hydrogen-bond donors (Lipinski definition) is 2. The van der Waals surface area contributed by atoms with Crippen molar-refractivity contribution in [1.82, 2.24) is 5.32 Å². The second-order valence-corrected chi connectivity index (χ2v) is 7.53. The van der Waals surface area contributed by atoms with Gasteiger partial charge in [-0.25, -0.2) is 0 Å². The first-order valence-electron chi connectivity index (χ1n) is 9.38. The molecule has 0 aliphatic carbocycles. The Kier molecular flexibility index (Phi) is 7.18. The number of methoxy groups -OCH3 is 1. The van der Waals surface area contributed by atoms with Crippen LogP contribution in [0.3, 0.4) is 0 Å². The number of hydrogen-bond acceptors (Lipinski definition) is 3. The number of nitrogens with one attached hydrogen (secondary N) is 2. The van der Waals surface area contributed by atoms with Crippen LogP contribution >= 0.6 is 23.8 Å². The number of halogens is 1. The number of nitrogens with zero attached hydrogens (tertiary/aromatic N) is 1. The van der Waals surface area contributed by atoms with Crippen molar-refractivity contribution in [2.45, 2.75) is 25.7 Å². The highest BCUT2D eigenvalue weighted by atomic mass is 35.5. The number of piperidine rings is 1. The van der Waals surface area contributed by atoms with E-state index in [2.05, 4.69) is 33.7 Å². The molecule has 2 aromatic rings. The van der Waals surface area contributed by atoms with Gasteiger partial charge in [-0.15, -0.1) is 0 Å². The highest BCUT2D eigenvalue weighted by Gasteiger charge is 2.15. The Morgan fingerprint density at radius 2 is 1.85 bits per heavy atom. The first-order chi connectivity index (χ1) is 13.2. The van der Waals surface area contributed by atoms with Crippen LogP contribution in [0.5, 0.6) is 5.75 Å². The third-order valence-corrected chi connectivity index (χ3v) is 5.24. The lowest BCUT2D eigenvalue weighted by atomic mass is 10.1.